The van der Waals surface area contributed by atoms with Crippen LogP contribution in [0.3, 0.4) is 0 Å². The number of H-pyrrole nitrogens is 1. The molecule has 46 heavy (non-hydrogen) atoms. The molecule has 4 N–H and O–H groups in total. The molecule has 11 nitrogen and oxygen atoms in total. The Hall–Kier alpha value is -5.06. The van der Waals surface area contributed by atoms with Crippen molar-refractivity contribution in [1.82, 2.24) is 15.3 Å². The van der Waals surface area contributed by atoms with E-state index in [0.717, 1.165) is 28.0 Å². The van der Waals surface area contributed by atoms with Crippen molar-refractivity contribution >= 4 is 34.2 Å². The predicted molar refractivity (Wildman–Crippen MR) is 179 cm³/mol. The van der Waals surface area contributed by atoms with Crippen LogP contribution in [0.25, 0.3) is 22.2 Å². The zero-order valence-electron chi connectivity index (χ0n) is 27.3. The fourth-order valence-corrected chi connectivity index (χ4v) is 6.13. The Morgan fingerprint density at radius 3 is 2.48 bits per heavy atom. The van der Waals surface area contributed by atoms with Gasteiger partial charge in [-0.15, -0.1) is 0 Å². The summed E-state index contributed by atoms with van der Waals surface area (Å²) in [6.07, 6.45) is 1.84. The van der Waals surface area contributed by atoms with Crippen molar-refractivity contribution in [1.29, 1.82) is 0 Å². The molecule has 3 aromatic carbocycles. The number of ether oxygens (including phenoxy) is 3. The highest BCUT2D eigenvalue weighted by molar-refractivity contribution is 5.98. The monoisotopic (exact) mass is 627 g/mol. The third kappa shape index (κ3) is 6.35. The zero-order valence-corrected chi connectivity index (χ0v) is 27.3. The first-order valence-electron chi connectivity index (χ1n) is 15.4. The van der Waals surface area contributed by atoms with E-state index in [1.807, 2.05) is 51.1 Å². The maximum Gasteiger partial charge on any atom is 0.247 e. The molecule has 0 fully saturated rings. The maximum atomic E-state index is 13.9. The van der Waals surface area contributed by atoms with Crippen molar-refractivity contribution in [3.63, 3.8) is 0 Å². The van der Waals surface area contributed by atoms with Crippen molar-refractivity contribution in [2.75, 3.05) is 32.0 Å². The Balaban J connectivity index is 1.59. The van der Waals surface area contributed by atoms with E-state index in [1.54, 1.807) is 33.5 Å². The summed E-state index contributed by atoms with van der Waals surface area (Å²) in [6.45, 7) is 7.30. The van der Waals surface area contributed by atoms with Crippen molar-refractivity contribution in [2.45, 2.75) is 59.0 Å². The van der Waals surface area contributed by atoms with Crippen LogP contribution in [0.1, 0.15) is 56.6 Å². The molecule has 4 aromatic rings. The summed E-state index contributed by atoms with van der Waals surface area (Å²) in [7, 11) is 4.67. The molecule has 242 valence electrons. The molecule has 0 spiro atoms. The summed E-state index contributed by atoms with van der Waals surface area (Å²) in [5, 5.41) is 9.29. The molecule has 0 saturated heterocycles. The van der Waals surface area contributed by atoms with Crippen LogP contribution < -0.4 is 35.6 Å². The highest BCUT2D eigenvalue weighted by atomic mass is 16.5. The van der Waals surface area contributed by atoms with Crippen molar-refractivity contribution < 1.29 is 23.8 Å². The van der Waals surface area contributed by atoms with Gasteiger partial charge in [-0.05, 0) is 78.8 Å². The van der Waals surface area contributed by atoms with Crippen molar-refractivity contribution in [2.24, 2.45) is 5.92 Å². The number of aromatic amines is 1. The number of hydrogen-bond donors (Lipinski definition) is 4. The number of hydrogen-bond acceptors (Lipinski definition) is 8. The highest BCUT2D eigenvalue weighted by Gasteiger charge is 2.30. The lowest BCUT2D eigenvalue weighted by molar-refractivity contribution is -0.120. The molecular formula is C35H41N5O6. The number of benzene rings is 2. The lowest BCUT2D eigenvalue weighted by atomic mass is 9.95. The van der Waals surface area contributed by atoms with E-state index in [-0.39, 0.29) is 28.8 Å². The summed E-state index contributed by atoms with van der Waals surface area (Å²) in [5.74, 6) is 1.62. The first-order valence-corrected chi connectivity index (χ1v) is 15.4. The smallest absolute Gasteiger partial charge is 0.247 e. The van der Waals surface area contributed by atoms with Gasteiger partial charge in [-0.3, -0.25) is 14.4 Å². The van der Waals surface area contributed by atoms with Gasteiger partial charge in [0.1, 0.15) is 11.9 Å². The summed E-state index contributed by atoms with van der Waals surface area (Å²) in [4.78, 5) is 47.5. The van der Waals surface area contributed by atoms with Crippen LogP contribution in [0.4, 0.5) is 11.4 Å². The topological polar surface area (TPSA) is 144 Å². The number of aryl methyl sites for hydroxylation is 2. The first-order chi connectivity index (χ1) is 22.1. The van der Waals surface area contributed by atoms with E-state index in [1.165, 1.54) is 6.92 Å². The van der Waals surface area contributed by atoms with Crippen LogP contribution in [-0.2, 0) is 16.0 Å². The maximum absolute atomic E-state index is 13.9. The summed E-state index contributed by atoms with van der Waals surface area (Å²) in [6, 6.07) is 11.3. The lowest BCUT2D eigenvalue weighted by Crippen LogP contribution is -2.40. The third-order valence-corrected chi connectivity index (χ3v) is 8.59. The summed E-state index contributed by atoms with van der Waals surface area (Å²) < 4.78 is 17.2. The van der Waals surface area contributed by atoms with Gasteiger partial charge in [-0.1, -0.05) is 26.3 Å². The predicted octanol–water partition coefficient (Wildman–Crippen LogP) is 5.51. The van der Waals surface area contributed by atoms with Crippen LogP contribution in [0.2, 0.25) is 0 Å². The molecule has 0 saturated carbocycles. The number of methoxy groups -OCH3 is 3. The minimum Gasteiger partial charge on any atom is -0.493 e. The number of aromatic nitrogens is 2. The molecule has 0 bridgehead atoms. The quantitative estimate of drug-likeness (QED) is 0.180. The molecule has 3 atom stereocenters. The molecule has 0 radical (unpaired) electrons. The molecule has 1 heterocycles. The molecule has 1 aromatic heterocycles. The van der Waals surface area contributed by atoms with Gasteiger partial charge in [0.2, 0.25) is 23.0 Å². The fraction of sp³-hybridized carbons (Fsp3) is 0.371. The van der Waals surface area contributed by atoms with E-state index in [9.17, 15) is 14.4 Å². The second-order valence-electron chi connectivity index (χ2n) is 11.6. The van der Waals surface area contributed by atoms with Gasteiger partial charge in [0, 0.05) is 18.2 Å². The molecule has 0 aliphatic heterocycles. The van der Waals surface area contributed by atoms with E-state index in [4.69, 9.17) is 14.2 Å². The van der Waals surface area contributed by atoms with Crippen LogP contribution in [0, 0.1) is 12.8 Å². The Morgan fingerprint density at radius 1 is 1.04 bits per heavy atom. The summed E-state index contributed by atoms with van der Waals surface area (Å²) >= 11 is 0. The molecule has 2 amide bonds. The minimum absolute atomic E-state index is 0.106. The van der Waals surface area contributed by atoms with Gasteiger partial charge >= 0.3 is 0 Å². The molecule has 3 unspecified atom stereocenters. The van der Waals surface area contributed by atoms with Gasteiger partial charge in [-0.25, -0.2) is 4.98 Å². The second-order valence-corrected chi connectivity index (χ2v) is 11.6. The molecule has 1 aliphatic carbocycles. The highest BCUT2D eigenvalue weighted by Crippen LogP contribution is 2.50. The molecular weight excluding hydrogens is 586 g/mol. The van der Waals surface area contributed by atoms with Crippen molar-refractivity contribution in [3.8, 4) is 28.4 Å². The lowest BCUT2D eigenvalue weighted by Gasteiger charge is -2.24. The Bertz CT molecular complexity index is 1850. The SMILES string of the molecule is CCC(C)C(Nc1ccc2c(cc1=O)C(NC(C)=O)CCc1cc(OC)c(OC)c(OC)c1-2)C(=O)Nc1ccc2nc(C)[nH]c2c1. The van der Waals surface area contributed by atoms with E-state index >= 15 is 0 Å². The standard InChI is InChI=1S/C35H41N5O6/c1-8-18(2)32(35(43)39-22-10-13-26-28(16-22)37-19(3)36-26)40-27-14-11-23-24(17-29(27)42)25(38-20(4)41)12-9-21-15-30(44-5)33(45-6)34(46-7)31(21)23/h10-11,13-18,25,32H,8-9,12H2,1-7H3,(H,36,37)(H,38,41)(H,39,43)(H,40,42). The van der Waals surface area contributed by atoms with Gasteiger partial charge in [0.15, 0.2) is 11.5 Å². The normalized spacial score (nSPS) is 15.1. The van der Waals surface area contributed by atoms with Crippen LogP contribution in [0.15, 0.2) is 47.3 Å². The summed E-state index contributed by atoms with van der Waals surface area (Å²) in [5.41, 5.74) is 5.24. The van der Waals surface area contributed by atoms with Crippen LogP contribution in [0.5, 0.6) is 17.2 Å². The molecule has 5 rings (SSSR count). The number of nitrogens with one attached hydrogen (secondary N) is 4. The van der Waals surface area contributed by atoms with Crippen molar-refractivity contribution in [3.05, 3.63) is 69.6 Å². The number of rotatable bonds is 10. The van der Waals surface area contributed by atoms with Gasteiger partial charge in [0.25, 0.3) is 0 Å². The Labute approximate surface area is 268 Å². The number of amides is 2. The number of carbonyl (C=O) groups is 2. The average Bonchev–Trinajstić information content (AvgIpc) is 3.25. The number of nitrogens with zero attached hydrogens (tertiary/aromatic N) is 1. The average molecular weight is 628 g/mol. The minimum atomic E-state index is -0.712. The van der Waals surface area contributed by atoms with Gasteiger partial charge in [0.05, 0.1) is 44.1 Å². The second kappa shape index (κ2) is 13.5. The van der Waals surface area contributed by atoms with E-state index in [2.05, 4.69) is 25.9 Å². The number of imidazole rings is 1. The van der Waals surface area contributed by atoms with E-state index < -0.39 is 12.1 Å². The zero-order chi connectivity index (χ0) is 33.1. The number of carbonyl (C=O) groups excluding carboxylic acids is 2. The van der Waals surface area contributed by atoms with Gasteiger partial charge < -0.3 is 35.1 Å². The first kappa shape index (κ1) is 32.3. The molecule has 1 aliphatic rings. The Morgan fingerprint density at radius 2 is 1.80 bits per heavy atom. The van der Waals surface area contributed by atoms with E-state index in [0.29, 0.717) is 53.3 Å². The fourth-order valence-electron chi connectivity index (χ4n) is 6.13. The Kier molecular flexibility index (Phi) is 9.50. The number of fused-ring (bicyclic) bond motifs is 4. The number of anilines is 2. The van der Waals surface area contributed by atoms with Crippen LogP contribution in [-0.4, -0.2) is 49.2 Å². The third-order valence-electron chi connectivity index (χ3n) is 8.59. The molecule has 11 heteroatoms. The van der Waals surface area contributed by atoms with Crippen LogP contribution >= 0.6 is 0 Å². The largest absolute Gasteiger partial charge is 0.493 e. The van der Waals surface area contributed by atoms with Gasteiger partial charge in [-0.2, -0.15) is 0 Å².